The third-order valence-corrected chi connectivity index (χ3v) is 1.65. The fourth-order valence-electron chi connectivity index (χ4n) is 0.783. The van der Waals surface area contributed by atoms with Crippen molar-refractivity contribution in [3.05, 3.63) is 28.0 Å². The number of nitrogens with zero attached hydrogens (tertiary/aromatic N) is 1. The van der Waals surface area contributed by atoms with Gasteiger partial charge in [-0.3, -0.25) is 4.79 Å². The molecular weight excluding hydrogens is 213 g/mol. The average molecular weight is 220 g/mol. The molecule has 0 spiro atoms. The molecule has 3 nitrogen and oxygen atoms in total. The lowest BCUT2D eigenvalue weighted by Gasteiger charge is -2.02. The van der Waals surface area contributed by atoms with Crippen LogP contribution in [0.15, 0.2) is 12.1 Å². The molecule has 1 heterocycles. The van der Waals surface area contributed by atoms with Crippen LogP contribution in [0.3, 0.4) is 0 Å². The van der Waals surface area contributed by atoms with E-state index in [1.165, 1.54) is 6.92 Å². The van der Waals surface area contributed by atoms with Crippen molar-refractivity contribution in [3.8, 4) is 0 Å². The van der Waals surface area contributed by atoms with Crippen LogP contribution in [0, 0.1) is 0 Å². The number of ether oxygens (including phenoxy) is 1. The summed E-state index contributed by atoms with van der Waals surface area (Å²) < 4.78 is 4.75. The molecule has 0 saturated carbocycles. The van der Waals surface area contributed by atoms with Crippen LogP contribution < -0.4 is 0 Å². The Kier molecular flexibility index (Phi) is 3.51. The molecular formula is C8H7Cl2NO2. The first kappa shape index (κ1) is 10.3. The van der Waals surface area contributed by atoms with Crippen LogP contribution in [0.1, 0.15) is 12.5 Å². The Morgan fingerprint density at radius 1 is 1.46 bits per heavy atom. The number of hydrogen-bond donors (Lipinski definition) is 0. The number of halogens is 2. The Morgan fingerprint density at radius 3 is 2.46 bits per heavy atom. The van der Waals surface area contributed by atoms with Crippen molar-refractivity contribution in [1.29, 1.82) is 0 Å². The van der Waals surface area contributed by atoms with E-state index in [-0.39, 0.29) is 22.9 Å². The fourth-order valence-corrected chi connectivity index (χ4v) is 1.29. The van der Waals surface area contributed by atoms with E-state index in [1.807, 2.05) is 0 Å². The quantitative estimate of drug-likeness (QED) is 0.567. The van der Waals surface area contributed by atoms with Crippen LogP contribution in [0.5, 0.6) is 0 Å². The molecule has 13 heavy (non-hydrogen) atoms. The highest BCUT2D eigenvalue weighted by atomic mass is 35.5. The van der Waals surface area contributed by atoms with Gasteiger partial charge in [-0.25, -0.2) is 4.98 Å². The standard InChI is InChI=1S/C8H7Cl2NO2/c1-5(12)13-4-6-2-7(9)11-8(10)3-6/h2-3H,4H2,1H3. The molecule has 0 bridgehead atoms. The third-order valence-electron chi connectivity index (χ3n) is 1.26. The van der Waals surface area contributed by atoms with Gasteiger partial charge in [0.1, 0.15) is 16.9 Å². The topological polar surface area (TPSA) is 39.2 Å². The Balaban J connectivity index is 2.71. The maximum atomic E-state index is 10.5. The number of hydrogen-bond acceptors (Lipinski definition) is 3. The Hall–Kier alpha value is -0.800. The van der Waals surface area contributed by atoms with Crippen LogP contribution in [0.25, 0.3) is 0 Å². The lowest BCUT2D eigenvalue weighted by molar-refractivity contribution is -0.142. The fraction of sp³-hybridized carbons (Fsp3) is 0.250. The zero-order valence-corrected chi connectivity index (χ0v) is 8.39. The summed E-state index contributed by atoms with van der Waals surface area (Å²) >= 11 is 11.3. The van der Waals surface area contributed by atoms with Crippen molar-refractivity contribution in [2.75, 3.05) is 0 Å². The average Bonchev–Trinajstić information content (AvgIpc) is 1.99. The van der Waals surface area contributed by atoms with E-state index < -0.39 is 0 Å². The monoisotopic (exact) mass is 219 g/mol. The van der Waals surface area contributed by atoms with Gasteiger partial charge in [0.15, 0.2) is 0 Å². The van der Waals surface area contributed by atoms with E-state index >= 15 is 0 Å². The Morgan fingerprint density at radius 2 is 2.00 bits per heavy atom. The number of esters is 1. The molecule has 0 unspecified atom stereocenters. The largest absolute Gasteiger partial charge is 0.461 e. The zero-order chi connectivity index (χ0) is 9.84. The van der Waals surface area contributed by atoms with Gasteiger partial charge in [-0.2, -0.15) is 0 Å². The Bertz CT molecular complexity index is 308. The molecule has 0 atom stereocenters. The van der Waals surface area contributed by atoms with E-state index in [0.29, 0.717) is 0 Å². The summed E-state index contributed by atoms with van der Waals surface area (Å²) in [5.41, 5.74) is 0.722. The number of aromatic nitrogens is 1. The van der Waals surface area contributed by atoms with Crippen molar-refractivity contribution in [2.45, 2.75) is 13.5 Å². The summed E-state index contributed by atoms with van der Waals surface area (Å²) in [4.78, 5) is 14.2. The van der Waals surface area contributed by atoms with E-state index in [2.05, 4.69) is 4.98 Å². The summed E-state index contributed by atoms with van der Waals surface area (Å²) in [5, 5.41) is 0.573. The highest BCUT2D eigenvalue weighted by Gasteiger charge is 2.00. The second-order valence-corrected chi connectivity index (χ2v) is 3.18. The minimum atomic E-state index is -0.343. The molecule has 1 aromatic heterocycles. The van der Waals surface area contributed by atoms with Gasteiger partial charge in [-0.1, -0.05) is 23.2 Å². The predicted molar refractivity (Wildman–Crippen MR) is 49.7 cm³/mol. The van der Waals surface area contributed by atoms with Gasteiger partial charge in [0.25, 0.3) is 0 Å². The molecule has 0 radical (unpaired) electrons. The molecule has 0 aromatic carbocycles. The second kappa shape index (κ2) is 4.44. The zero-order valence-electron chi connectivity index (χ0n) is 6.88. The second-order valence-electron chi connectivity index (χ2n) is 2.40. The van der Waals surface area contributed by atoms with Crippen molar-refractivity contribution in [2.24, 2.45) is 0 Å². The summed E-state index contributed by atoms with van der Waals surface area (Å²) in [6, 6.07) is 3.19. The molecule has 0 N–H and O–H groups in total. The minimum Gasteiger partial charge on any atom is -0.461 e. The first-order valence-corrected chi connectivity index (χ1v) is 4.29. The predicted octanol–water partition coefficient (Wildman–Crippen LogP) is 2.45. The smallest absolute Gasteiger partial charge is 0.302 e. The van der Waals surface area contributed by atoms with Crippen LogP contribution in [0.4, 0.5) is 0 Å². The molecule has 0 fully saturated rings. The first-order chi connectivity index (χ1) is 6.08. The van der Waals surface area contributed by atoms with Gasteiger partial charge in [-0.15, -0.1) is 0 Å². The van der Waals surface area contributed by atoms with E-state index in [9.17, 15) is 4.79 Å². The molecule has 70 valence electrons. The summed E-state index contributed by atoms with van der Waals surface area (Å²) in [6.07, 6.45) is 0. The van der Waals surface area contributed by atoms with Crippen molar-refractivity contribution >= 4 is 29.2 Å². The van der Waals surface area contributed by atoms with Crippen LogP contribution in [-0.2, 0) is 16.1 Å². The summed E-state index contributed by atoms with van der Waals surface area (Å²) in [7, 11) is 0. The normalized spacial score (nSPS) is 9.77. The molecule has 0 saturated heterocycles. The lowest BCUT2D eigenvalue weighted by Crippen LogP contribution is -1.99. The van der Waals surface area contributed by atoms with Crippen molar-refractivity contribution in [3.63, 3.8) is 0 Å². The van der Waals surface area contributed by atoms with Gasteiger partial charge in [0.2, 0.25) is 0 Å². The minimum absolute atomic E-state index is 0.164. The van der Waals surface area contributed by atoms with E-state index in [0.717, 1.165) is 5.56 Å². The van der Waals surface area contributed by atoms with Gasteiger partial charge in [0, 0.05) is 6.92 Å². The lowest BCUT2D eigenvalue weighted by atomic mass is 10.3. The highest BCUT2D eigenvalue weighted by Crippen LogP contribution is 2.15. The van der Waals surface area contributed by atoms with Crippen LogP contribution in [-0.4, -0.2) is 11.0 Å². The van der Waals surface area contributed by atoms with Gasteiger partial charge >= 0.3 is 5.97 Å². The number of rotatable bonds is 2. The molecule has 0 aliphatic rings. The number of carbonyl (C=O) groups excluding carboxylic acids is 1. The summed E-state index contributed by atoms with van der Waals surface area (Å²) in [6.45, 7) is 1.50. The molecule has 0 aliphatic heterocycles. The van der Waals surface area contributed by atoms with Gasteiger partial charge in [-0.05, 0) is 17.7 Å². The highest BCUT2D eigenvalue weighted by molar-refractivity contribution is 6.32. The van der Waals surface area contributed by atoms with Crippen LogP contribution in [0.2, 0.25) is 10.3 Å². The van der Waals surface area contributed by atoms with Gasteiger partial charge in [0.05, 0.1) is 0 Å². The maximum Gasteiger partial charge on any atom is 0.302 e. The summed E-state index contributed by atoms with van der Waals surface area (Å²) in [5.74, 6) is -0.343. The van der Waals surface area contributed by atoms with Crippen molar-refractivity contribution in [1.82, 2.24) is 4.98 Å². The molecule has 1 rings (SSSR count). The first-order valence-electron chi connectivity index (χ1n) is 3.53. The maximum absolute atomic E-state index is 10.5. The van der Waals surface area contributed by atoms with Crippen molar-refractivity contribution < 1.29 is 9.53 Å². The van der Waals surface area contributed by atoms with E-state index in [1.54, 1.807) is 12.1 Å². The molecule has 1 aromatic rings. The third kappa shape index (κ3) is 3.61. The number of carbonyl (C=O) groups is 1. The van der Waals surface area contributed by atoms with E-state index in [4.69, 9.17) is 27.9 Å². The molecule has 0 aliphatic carbocycles. The Labute approximate surface area is 85.6 Å². The SMILES string of the molecule is CC(=O)OCc1cc(Cl)nc(Cl)c1. The molecule has 5 heteroatoms. The van der Waals surface area contributed by atoms with Gasteiger partial charge < -0.3 is 4.74 Å². The number of pyridine rings is 1. The molecule has 0 amide bonds. The van der Waals surface area contributed by atoms with Crippen LogP contribution >= 0.6 is 23.2 Å².